The number of nitriles is 2. The summed E-state index contributed by atoms with van der Waals surface area (Å²) in [6.45, 7) is 8.93. The highest BCUT2D eigenvalue weighted by Crippen LogP contribution is 2.41. The number of thiophene rings is 1. The first-order chi connectivity index (χ1) is 15.4. The van der Waals surface area contributed by atoms with Crippen LogP contribution in [0.1, 0.15) is 90.5 Å². The van der Waals surface area contributed by atoms with E-state index in [9.17, 15) is 15.3 Å². The van der Waals surface area contributed by atoms with E-state index in [1.165, 1.54) is 29.7 Å². The molecule has 0 bridgehead atoms. The second-order valence-corrected chi connectivity index (χ2v) is 9.84. The lowest BCUT2D eigenvalue weighted by Gasteiger charge is -2.15. The highest BCUT2D eigenvalue weighted by atomic mass is 32.1. The smallest absolute Gasteiger partial charge is 0.194 e. The fourth-order valence-corrected chi connectivity index (χ4v) is 5.57. The fourth-order valence-electron chi connectivity index (χ4n) is 4.43. The zero-order valence-electron chi connectivity index (χ0n) is 19.4. The number of unbranched alkanes of at least 4 members (excludes halogenated alkanes) is 1. The van der Waals surface area contributed by atoms with E-state index >= 15 is 0 Å². The van der Waals surface area contributed by atoms with Crippen molar-refractivity contribution in [2.75, 3.05) is 0 Å². The Balaban J connectivity index is 2.08. The number of Topliss-reactive ketones (excluding diaryl/α,β-unsaturated/α-hetero) is 1. The van der Waals surface area contributed by atoms with Gasteiger partial charge >= 0.3 is 0 Å². The number of nitrogens with zero attached hydrogens (tertiary/aromatic N) is 2. The largest absolute Gasteiger partial charge is 0.289 e. The number of hydrogen-bond acceptors (Lipinski definition) is 4. The summed E-state index contributed by atoms with van der Waals surface area (Å²) in [5.41, 5.74) is 3.50. The van der Waals surface area contributed by atoms with Gasteiger partial charge in [0, 0.05) is 26.5 Å². The lowest BCUT2D eigenvalue weighted by molar-refractivity contribution is 0.104. The molecule has 1 unspecified atom stereocenters. The van der Waals surface area contributed by atoms with Crippen LogP contribution in [0.25, 0.3) is 11.6 Å². The molecule has 3 nitrogen and oxygen atoms in total. The van der Waals surface area contributed by atoms with E-state index in [-0.39, 0.29) is 11.4 Å². The maximum atomic E-state index is 13.2. The summed E-state index contributed by atoms with van der Waals surface area (Å²) in [5, 5.41) is 19.1. The van der Waals surface area contributed by atoms with Crippen LogP contribution >= 0.6 is 11.3 Å². The minimum absolute atomic E-state index is 0.0129. The molecule has 0 fully saturated rings. The summed E-state index contributed by atoms with van der Waals surface area (Å²) in [6, 6.07) is 13.4. The molecule has 2 aromatic rings. The molecule has 1 heterocycles. The first-order valence-corrected chi connectivity index (χ1v) is 12.3. The quantitative estimate of drug-likeness (QED) is 0.310. The van der Waals surface area contributed by atoms with Crippen molar-refractivity contribution in [1.29, 1.82) is 10.5 Å². The summed E-state index contributed by atoms with van der Waals surface area (Å²) in [5.74, 6) is 0.958. The number of rotatable bonds is 8. The fraction of sp³-hybridized carbons (Fsp3) is 0.393. The second-order valence-electron chi connectivity index (χ2n) is 8.72. The monoisotopic (exact) mass is 442 g/mol. The average Bonchev–Trinajstić information content (AvgIpc) is 3.32. The molecule has 0 radical (unpaired) electrons. The van der Waals surface area contributed by atoms with Crippen LogP contribution in [-0.4, -0.2) is 5.78 Å². The van der Waals surface area contributed by atoms with E-state index in [2.05, 4.69) is 33.8 Å². The summed E-state index contributed by atoms with van der Waals surface area (Å²) < 4.78 is 0. The summed E-state index contributed by atoms with van der Waals surface area (Å²) in [4.78, 5) is 15.6. The third-order valence-corrected chi connectivity index (χ3v) is 7.58. The van der Waals surface area contributed by atoms with Gasteiger partial charge in [-0.25, -0.2) is 0 Å². The number of allylic oxidation sites excluding steroid dienone is 3. The number of hydrogen-bond donors (Lipinski definition) is 0. The Bertz CT molecular complexity index is 1130. The summed E-state index contributed by atoms with van der Waals surface area (Å²) in [7, 11) is 0. The standard InChI is InChI=1S/C28H30N2OS/c1-5-7-10-19(6-2)13-20-14-22(32-28(20)18(3)4)15-25-26(21(16-29)17-30)23-11-8-9-12-24(23)27(25)31/h8-9,11-12,14-15,18-19H,5-7,10,13H2,1-4H3/b25-15-. The van der Waals surface area contributed by atoms with Gasteiger partial charge in [-0.05, 0) is 41.5 Å². The van der Waals surface area contributed by atoms with E-state index in [0.29, 0.717) is 34.1 Å². The van der Waals surface area contributed by atoms with Gasteiger partial charge in [0.2, 0.25) is 0 Å². The van der Waals surface area contributed by atoms with Crippen molar-refractivity contribution in [2.24, 2.45) is 5.92 Å². The van der Waals surface area contributed by atoms with Gasteiger partial charge < -0.3 is 0 Å². The molecule has 0 aliphatic heterocycles. The molecule has 4 heteroatoms. The number of fused-ring (bicyclic) bond motifs is 1. The van der Waals surface area contributed by atoms with Gasteiger partial charge in [0.05, 0.1) is 0 Å². The Kier molecular flexibility index (Phi) is 7.84. The zero-order valence-corrected chi connectivity index (χ0v) is 20.2. The molecular formula is C28H30N2OS. The lowest BCUT2D eigenvalue weighted by Crippen LogP contribution is -2.04. The lowest BCUT2D eigenvalue weighted by atomic mass is 9.90. The highest BCUT2D eigenvalue weighted by molar-refractivity contribution is 7.13. The van der Waals surface area contributed by atoms with Gasteiger partial charge in [-0.3, -0.25) is 4.79 Å². The molecular weight excluding hydrogens is 412 g/mol. The second kappa shape index (κ2) is 10.6. The van der Waals surface area contributed by atoms with Crippen molar-refractivity contribution < 1.29 is 4.79 Å². The molecule has 1 aromatic carbocycles. The van der Waals surface area contributed by atoms with Gasteiger partial charge in [-0.1, -0.05) is 77.6 Å². The highest BCUT2D eigenvalue weighted by Gasteiger charge is 2.32. The van der Waals surface area contributed by atoms with Gasteiger partial charge in [0.25, 0.3) is 0 Å². The molecule has 0 N–H and O–H groups in total. The normalized spacial score (nSPS) is 15.0. The van der Waals surface area contributed by atoms with Crippen LogP contribution in [0, 0.1) is 28.6 Å². The predicted molar refractivity (Wildman–Crippen MR) is 132 cm³/mol. The van der Waals surface area contributed by atoms with Crippen molar-refractivity contribution in [3.05, 3.63) is 67.9 Å². The zero-order chi connectivity index (χ0) is 23.3. The SMILES string of the molecule is CCCCC(CC)Cc1cc(/C=C2\C(=O)c3ccccc3C2=C(C#N)C#N)sc1C(C)C. The third kappa shape index (κ3) is 4.77. The first kappa shape index (κ1) is 23.7. The van der Waals surface area contributed by atoms with Crippen molar-refractivity contribution in [3.63, 3.8) is 0 Å². The van der Waals surface area contributed by atoms with Gasteiger partial charge in [0.1, 0.15) is 17.7 Å². The maximum absolute atomic E-state index is 13.2. The molecule has 1 aliphatic rings. The van der Waals surface area contributed by atoms with Gasteiger partial charge in [-0.15, -0.1) is 11.3 Å². The molecule has 164 valence electrons. The molecule has 1 aliphatic carbocycles. The van der Waals surface area contributed by atoms with Gasteiger partial charge in [-0.2, -0.15) is 10.5 Å². The van der Waals surface area contributed by atoms with E-state index in [0.717, 1.165) is 17.7 Å². The van der Waals surface area contributed by atoms with Crippen LogP contribution in [-0.2, 0) is 6.42 Å². The molecule has 1 aromatic heterocycles. The number of carbonyl (C=O) groups excluding carboxylic acids is 1. The molecule has 0 saturated carbocycles. The third-order valence-electron chi connectivity index (χ3n) is 6.15. The van der Waals surface area contributed by atoms with Gasteiger partial charge in [0.15, 0.2) is 5.78 Å². The minimum Gasteiger partial charge on any atom is -0.289 e. The maximum Gasteiger partial charge on any atom is 0.194 e. The van der Waals surface area contributed by atoms with E-state index in [1.54, 1.807) is 17.4 Å². The summed E-state index contributed by atoms with van der Waals surface area (Å²) in [6.07, 6.45) is 7.82. The van der Waals surface area contributed by atoms with Crippen molar-refractivity contribution in [2.45, 2.75) is 65.7 Å². The Labute approximate surface area is 195 Å². The van der Waals surface area contributed by atoms with Crippen molar-refractivity contribution >= 4 is 28.8 Å². The first-order valence-electron chi connectivity index (χ1n) is 11.5. The number of benzene rings is 1. The summed E-state index contributed by atoms with van der Waals surface area (Å²) >= 11 is 1.72. The average molecular weight is 443 g/mol. The minimum atomic E-state index is -0.117. The molecule has 1 atom stereocenters. The van der Waals surface area contributed by atoms with E-state index < -0.39 is 0 Å². The number of carbonyl (C=O) groups is 1. The Morgan fingerprint density at radius 3 is 2.41 bits per heavy atom. The van der Waals surface area contributed by atoms with Crippen LogP contribution in [0.4, 0.5) is 0 Å². The number of ketones is 1. The molecule has 0 amide bonds. The topological polar surface area (TPSA) is 64.7 Å². The van der Waals surface area contributed by atoms with Crippen LogP contribution in [0.15, 0.2) is 41.5 Å². The molecule has 0 spiro atoms. The predicted octanol–water partition coefficient (Wildman–Crippen LogP) is 7.71. The van der Waals surface area contributed by atoms with Crippen LogP contribution < -0.4 is 0 Å². The van der Waals surface area contributed by atoms with Crippen LogP contribution in [0.5, 0.6) is 0 Å². The molecule has 32 heavy (non-hydrogen) atoms. The Hall–Kier alpha value is -2.95. The molecule has 0 saturated heterocycles. The van der Waals surface area contributed by atoms with Crippen LogP contribution in [0.3, 0.4) is 0 Å². The van der Waals surface area contributed by atoms with Crippen molar-refractivity contribution in [3.8, 4) is 12.1 Å². The van der Waals surface area contributed by atoms with E-state index in [4.69, 9.17) is 0 Å². The van der Waals surface area contributed by atoms with E-state index in [1.807, 2.05) is 36.4 Å². The Morgan fingerprint density at radius 1 is 1.12 bits per heavy atom. The van der Waals surface area contributed by atoms with Crippen LogP contribution in [0.2, 0.25) is 0 Å². The molecule has 3 rings (SSSR count). The van der Waals surface area contributed by atoms with Crippen molar-refractivity contribution in [1.82, 2.24) is 0 Å². The Morgan fingerprint density at radius 2 is 1.81 bits per heavy atom.